The molecule has 0 bridgehead atoms. The summed E-state index contributed by atoms with van der Waals surface area (Å²) < 4.78 is 1.74. The van der Waals surface area contributed by atoms with Crippen LogP contribution in [0, 0.1) is 0 Å². The van der Waals surface area contributed by atoms with Crippen molar-refractivity contribution in [3.63, 3.8) is 0 Å². The van der Waals surface area contributed by atoms with Gasteiger partial charge in [-0.25, -0.2) is 4.68 Å². The van der Waals surface area contributed by atoms with Gasteiger partial charge in [-0.3, -0.25) is 4.79 Å². The Morgan fingerprint density at radius 2 is 2.05 bits per heavy atom. The van der Waals surface area contributed by atoms with Crippen molar-refractivity contribution in [3.05, 3.63) is 48.3 Å². The average molecular weight is 257 g/mol. The van der Waals surface area contributed by atoms with E-state index in [0.717, 1.165) is 5.69 Å². The zero-order chi connectivity index (χ0) is 13.2. The third-order valence-corrected chi connectivity index (χ3v) is 3.35. The zero-order valence-corrected chi connectivity index (χ0v) is 10.4. The van der Waals surface area contributed by atoms with Crippen molar-refractivity contribution >= 4 is 5.91 Å². The highest BCUT2D eigenvalue weighted by atomic mass is 16.3. The first-order valence-corrected chi connectivity index (χ1v) is 6.31. The number of carbonyl (C=O) groups excluding carboxylic acids is 1. The molecule has 98 valence electrons. The van der Waals surface area contributed by atoms with Crippen LogP contribution < -0.4 is 5.32 Å². The lowest BCUT2D eigenvalue weighted by Crippen LogP contribution is -2.46. The molecular weight excluding hydrogens is 242 g/mol. The van der Waals surface area contributed by atoms with Gasteiger partial charge in [0.2, 0.25) is 0 Å². The second-order valence-electron chi connectivity index (χ2n) is 4.79. The summed E-state index contributed by atoms with van der Waals surface area (Å²) in [7, 11) is 0. The predicted octanol–water partition coefficient (Wildman–Crippen LogP) is 1.13. The van der Waals surface area contributed by atoms with E-state index in [2.05, 4.69) is 10.4 Å². The molecule has 0 atom stereocenters. The highest BCUT2D eigenvalue weighted by molar-refractivity contribution is 5.94. The summed E-state index contributed by atoms with van der Waals surface area (Å²) in [6, 6.07) is 9.23. The highest BCUT2D eigenvalue weighted by Gasteiger charge is 2.28. The largest absolute Gasteiger partial charge is 0.393 e. The number of hydrogen-bond acceptors (Lipinski definition) is 3. The van der Waals surface area contributed by atoms with Crippen molar-refractivity contribution in [2.24, 2.45) is 0 Å². The molecular formula is C14H15N3O2. The molecule has 0 radical (unpaired) electrons. The SMILES string of the molecule is O=C(NC1CC(O)C1)c1ccc(-n2cccn2)cc1. The predicted molar refractivity (Wildman–Crippen MR) is 70.1 cm³/mol. The molecule has 5 nitrogen and oxygen atoms in total. The Hall–Kier alpha value is -2.14. The van der Waals surface area contributed by atoms with Gasteiger partial charge in [-0.2, -0.15) is 5.10 Å². The van der Waals surface area contributed by atoms with E-state index in [1.807, 2.05) is 24.4 Å². The molecule has 2 N–H and O–H groups in total. The van der Waals surface area contributed by atoms with E-state index >= 15 is 0 Å². The minimum atomic E-state index is -0.257. The molecule has 19 heavy (non-hydrogen) atoms. The molecule has 0 unspecified atom stereocenters. The standard InChI is InChI=1S/C14H15N3O2/c18-13-8-11(9-13)16-14(19)10-2-4-12(5-3-10)17-7-1-6-15-17/h1-7,11,13,18H,8-9H2,(H,16,19). The number of benzene rings is 1. The first-order valence-electron chi connectivity index (χ1n) is 6.31. The summed E-state index contributed by atoms with van der Waals surface area (Å²) in [4.78, 5) is 11.9. The van der Waals surface area contributed by atoms with Crippen molar-refractivity contribution in [1.29, 1.82) is 0 Å². The van der Waals surface area contributed by atoms with Crippen LogP contribution in [-0.2, 0) is 0 Å². The van der Waals surface area contributed by atoms with E-state index in [4.69, 9.17) is 0 Å². The van der Waals surface area contributed by atoms with Crippen molar-refractivity contribution in [1.82, 2.24) is 15.1 Å². The van der Waals surface area contributed by atoms with Crippen LogP contribution in [0.25, 0.3) is 5.69 Å². The maximum absolute atomic E-state index is 11.9. The molecule has 1 aliphatic rings. The minimum absolute atomic E-state index is 0.0936. The minimum Gasteiger partial charge on any atom is -0.393 e. The lowest BCUT2D eigenvalue weighted by Gasteiger charge is -2.31. The molecule has 1 heterocycles. The Balaban J connectivity index is 1.67. The number of carbonyl (C=O) groups is 1. The molecule has 1 aromatic carbocycles. The lowest BCUT2D eigenvalue weighted by molar-refractivity contribution is 0.0562. The van der Waals surface area contributed by atoms with Gasteiger partial charge in [0, 0.05) is 24.0 Å². The van der Waals surface area contributed by atoms with Crippen LogP contribution >= 0.6 is 0 Å². The molecule has 1 fully saturated rings. The Labute approximate surface area is 110 Å². The van der Waals surface area contributed by atoms with Crippen molar-refractivity contribution < 1.29 is 9.90 Å². The Kier molecular flexibility index (Phi) is 3.05. The van der Waals surface area contributed by atoms with Crippen LogP contribution in [0.5, 0.6) is 0 Å². The summed E-state index contributed by atoms with van der Waals surface area (Å²) in [5, 5.41) is 16.2. The van der Waals surface area contributed by atoms with Gasteiger partial charge < -0.3 is 10.4 Å². The number of hydrogen-bond donors (Lipinski definition) is 2. The zero-order valence-electron chi connectivity index (χ0n) is 10.4. The summed E-state index contributed by atoms with van der Waals surface area (Å²) in [6.45, 7) is 0. The second-order valence-corrected chi connectivity index (χ2v) is 4.79. The van der Waals surface area contributed by atoms with Gasteiger partial charge in [-0.15, -0.1) is 0 Å². The molecule has 5 heteroatoms. The van der Waals surface area contributed by atoms with E-state index in [9.17, 15) is 9.90 Å². The van der Waals surface area contributed by atoms with E-state index in [1.54, 1.807) is 23.0 Å². The van der Waals surface area contributed by atoms with Gasteiger partial charge in [0.1, 0.15) is 0 Å². The van der Waals surface area contributed by atoms with Gasteiger partial charge in [-0.05, 0) is 43.2 Å². The number of nitrogens with one attached hydrogen (secondary N) is 1. The first-order chi connectivity index (χ1) is 9.22. The van der Waals surface area contributed by atoms with E-state index in [0.29, 0.717) is 18.4 Å². The third-order valence-electron chi connectivity index (χ3n) is 3.35. The Bertz CT molecular complexity index is 557. The quantitative estimate of drug-likeness (QED) is 0.866. The smallest absolute Gasteiger partial charge is 0.251 e. The summed E-state index contributed by atoms with van der Waals surface area (Å²) >= 11 is 0. The molecule has 0 saturated heterocycles. The van der Waals surface area contributed by atoms with Gasteiger partial charge in [0.15, 0.2) is 0 Å². The van der Waals surface area contributed by atoms with E-state index in [-0.39, 0.29) is 18.1 Å². The van der Waals surface area contributed by atoms with Crippen molar-refractivity contribution in [2.45, 2.75) is 25.0 Å². The maximum atomic E-state index is 11.9. The molecule has 2 aromatic rings. The normalized spacial score (nSPS) is 21.7. The fourth-order valence-corrected chi connectivity index (χ4v) is 2.16. The number of aliphatic hydroxyl groups excluding tert-OH is 1. The molecule has 0 aliphatic heterocycles. The fourth-order valence-electron chi connectivity index (χ4n) is 2.16. The van der Waals surface area contributed by atoms with E-state index < -0.39 is 0 Å². The molecule has 0 spiro atoms. The summed E-state index contributed by atoms with van der Waals surface area (Å²) in [5.74, 6) is -0.0936. The molecule has 1 amide bonds. The molecule has 1 aliphatic carbocycles. The molecule has 3 rings (SSSR count). The number of aliphatic hydroxyl groups is 1. The maximum Gasteiger partial charge on any atom is 0.251 e. The van der Waals surface area contributed by atoms with Crippen molar-refractivity contribution in [2.75, 3.05) is 0 Å². The van der Waals surface area contributed by atoms with Crippen molar-refractivity contribution in [3.8, 4) is 5.69 Å². The number of amides is 1. The van der Waals surface area contributed by atoms with Crippen LogP contribution in [0.4, 0.5) is 0 Å². The number of rotatable bonds is 3. The van der Waals surface area contributed by atoms with Crippen LogP contribution in [0.3, 0.4) is 0 Å². The molecule has 1 aromatic heterocycles. The molecule has 1 saturated carbocycles. The van der Waals surface area contributed by atoms with Crippen LogP contribution in [0.2, 0.25) is 0 Å². The van der Waals surface area contributed by atoms with Crippen LogP contribution in [-0.4, -0.2) is 32.9 Å². The van der Waals surface area contributed by atoms with Crippen LogP contribution in [0.15, 0.2) is 42.7 Å². The monoisotopic (exact) mass is 257 g/mol. The van der Waals surface area contributed by atoms with E-state index in [1.165, 1.54) is 0 Å². The average Bonchev–Trinajstić information content (AvgIpc) is 2.91. The summed E-state index contributed by atoms with van der Waals surface area (Å²) in [5.41, 5.74) is 1.54. The fraction of sp³-hybridized carbons (Fsp3) is 0.286. The third kappa shape index (κ3) is 2.51. The van der Waals surface area contributed by atoms with Gasteiger partial charge >= 0.3 is 0 Å². The van der Waals surface area contributed by atoms with Gasteiger partial charge in [0.05, 0.1) is 11.8 Å². The van der Waals surface area contributed by atoms with Gasteiger partial charge in [-0.1, -0.05) is 0 Å². The highest BCUT2D eigenvalue weighted by Crippen LogP contribution is 2.20. The first kappa shape index (κ1) is 11.9. The van der Waals surface area contributed by atoms with Gasteiger partial charge in [0.25, 0.3) is 5.91 Å². The number of aromatic nitrogens is 2. The summed E-state index contributed by atoms with van der Waals surface area (Å²) in [6.07, 6.45) is 4.61. The Morgan fingerprint density at radius 3 is 2.63 bits per heavy atom. The van der Waals surface area contributed by atoms with Crippen LogP contribution in [0.1, 0.15) is 23.2 Å². The second kappa shape index (κ2) is 4.85. The topological polar surface area (TPSA) is 67.2 Å². The lowest BCUT2D eigenvalue weighted by atomic mass is 9.89. The Morgan fingerprint density at radius 1 is 1.32 bits per heavy atom. The number of nitrogens with zero attached hydrogens (tertiary/aromatic N) is 2.